The number of anilines is 1. The molecule has 0 bridgehead atoms. The minimum atomic E-state index is -0.384. The van der Waals surface area contributed by atoms with Crippen LogP contribution in [0.4, 0.5) is 5.69 Å². The van der Waals surface area contributed by atoms with Crippen LogP contribution in [-0.4, -0.2) is 65.9 Å². The van der Waals surface area contributed by atoms with Gasteiger partial charge in [0.15, 0.2) is 0 Å². The summed E-state index contributed by atoms with van der Waals surface area (Å²) < 4.78 is 6.93. The third kappa shape index (κ3) is 4.02. The molecule has 116 valence electrons. The molecule has 8 nitrogen and oxygen atoms in total. The van der Waals surface area contributed by atoms with Crippen molar-refractivity contribution in [1.82, 2.24) is 20.0 Å². The summed E-state index contributed by atoms with van der Waals surface area (Å²) in [5.74, 6) is -0.229. The lowest BCUT2D eigenvalue weighted by Gasteiger charge is -2.29. The quantitative estimate of drug-likeness (QED) is 0.766. The number of rotatable bonds is 4. The Morgan fingerprint density at radius 1 is 1.57 bits per heavy atom. The van der Waals surface area contributed by atoms with Crippen LogP contribution in [0.2, 0.25) is 0 Å². The number of carbonyl (C=O) groups is 2. The summed E-state index contributed by atoms with van der Waals surface area (Å²) in [4.78, 5) is 25.2. The van der Waals surface area contributed by atoms with Gasteiger partial charge in [0.1, 0.15) is 12.6 Å². The highest BCUT2D eigenvalue weighted by atomic mass is 16.5. The van der Waals surface area contributed by atoms with E-state index in [0.29, 0.717) is 18.8 Å². The van der Waals surface area contributed by atoms with Gasteiger partial charge in [0.05, 0.1) is 24.6 Å². The third-order valence-corrected chi connectivity index (χ3v) is 3.30. The Balaban J connectivity index is 1.92. The summed E-state index contributed by atoms with van der Waals surface area (Å²) in [7, 11) is 3.37. The zero-order chi connectivity index (χ0) is 15.4. The normalized spacial score (nSPS) is 21.9. The van der Waals surface area contributed by atoms with E-state index < -0.39 is 0 Å². The third-order valence-electron chi connectivity index (χ3n) is 3.30. The van der Waals surface area contributed by atoms with Gasteiger partial charge in [0.2, 0.25) is 11.8 Å². The maximum absolute atomic E-state index is 12.2. The molecular formula is C13H21N5O3. The lowest BCUT2D eigenvalue weighted by atomic mass is 10.1. The molecule has 1 aromatic heterocycles. The molecule has 21 heavy (non-hydrogen) atoms. The molecule has 2 atom stereocenters. The summed E-state index contributed by atoms with van der Waals surface area (Å²) in [6, 6.07) is -0.384. The zero-order valence-corrected chi connectivity index (χ0v) is 12.5. The number of carbonyl (C=O) groups excluding carboxylic acids is 2. The van der Waals surface area contributed by atoms with Crippen molar-refractivity contribution in [2.45, 2.75) is 25.6 Å². The first-order valence-electron chi connectivity index (χ1n) is 6.86. The average molecular weight is 295 g/mol. The molecule has 8 heteroatoms. The van der Waals surface area contributed by atoms with Crippen LogP contribution in [-0.2, 0) is 20.9 Å². The molecule has 1 aromatic rings. The summed E-state index contributed by atoms with van der Waals surface area (Å²) in [6.07, 6.45) is 2.98. The van der Waals surface area contributed by atoms with Gasteiger partial charge in [0.25, 0.3) is 0 Å². The number of likely N-dealkylation sites (N-methyl/N-ethyl adjacent to an activating group) is 1. The van der Waals surface area contributed by atoms with Crippen LogP contribution in [0.1, 0.15) is 6.92 Å². The Labute approximate surface area is 123 Å². The van der Waals surface area contributed by atoms with E-state index in [1.54, 1.807) is 20.3 Å². The number of aromatic nitrogens is 2. The SMILES string of the molecule is C[C@H]1OCCN[C@@H]1C(=O)Nc1cnn(CC(=O)N(C)C)c1. The predicted octanol–water partition coefficient (Wildman–Crippen LogP) is -0.713. The van der Waals surface area contributed by atoms with Crippen LogP contribution in [0.15, 0.2) is 12.4 Å². The maximum atomic E-state index is 12.2. The summed E-state index contributed by atoms with van der Waals surface area (Å²) in [6.45, 7) is 3.26. The van der Waals surface area contributed by atoms with Gasteiger partial charge in [-0.15, -0.1) is 0 Å². The van der Waals surface area contributed by atoms with Gasteiger partial charge < -0.3 is 20.3 Å². The Hall–Kier alpha value is -1.93. The van der Waals surface area contributed by atoms with E-state index in [4.69, 9.17) is 4.74 Å². The minimum absolute atomic E-state index is 0.0630. The Morgan fingerprint density at radius 2 is 2.33 bits per heavy atom. The number of hydrogen-bond acceptors (Lipinski definition) is 5. The molecule has 2 heterocycles. The molecule has 2 rings (SSSR count). The molecule has 0 radical (unpaired) electrons. The first-order valence-corrected chi connectivity index (χ1v) is 6.86. The van der Waals surface area contributed by atoms with Gasteiger partial charge in [-0.2, -0.15) is 5.10 Å². The van der Waals surface area contributed by atoms with Gasteiger partial charge in [-0.25, -0.2) is 0 Å². The Morgan fingerprint density at radius 3 is 3.00 bits per heavy atom. The van der Waals surface area contributed by atoms with Crippen molar-refractivity contribution in [3.05, 3.63) is 12.4 Å². The van der Waals surface area contributed by atoms with E-state index >= 15 is 0 Å². The zero-order valence-electron chi connectivity index (χ0n) is 12.5. The number of nitrogens with zero attached hydrogens (tertiary/aromatic N) is 3. The molecule has 0 aromatic carbocycles. The van der Waals surface area contributed by atoms with Crippen molar-refractivity contribution in [2.24, 2.45) is 0 Å². The second-order valence-electron chi connectivity index (χ2n) is 5.21. The molecule has 0 unspecified atom stereocenters. The molecule has 0 aliphatic carbocycles. The molecular weight excluding hydrogens is 274 g/mol. The highest BCUT2D eigenvalue weighted by Gasteiger charge is 2.28. The summed E-state index contributed by atoms with van der Waals surface area (Å²) >= 11 is 0. The fourth-order valence-electron chi connectivity index (χ4n) is 2.04. The Kier molecular flexibility index (Phi) is 4.92. The molecule has 1 aliphatic heterocycles. The van der Waals surface area contributed by atoms with E-state index in [-0.39, 0.29) is 30.5 Å². The lowest BCUT2D eigenvalue weighted by molar-refractivity contribution is -0.129. The van der Waals surface area contributed by atoms with Gasteiger partial charge in [-0.3, -0.25) is 14.3 Å². The van der Waals surface area contributed by atoms with Crippen molar-refractivity contribution in [3.8, 4) is 0 Å². The number of hydrogen-bond donors (Lipinski definition) is 2. The van der Waals surface area contributed by atoms with Crippen LogP contribution in [0.25, 0.3) is 0 Å². The molecule has 0 spiro atoms. The lowest BCUT2D eigenvalue weighted by Crippen LogP contribution is -2.53. The second kappa shape index (κ2) is 6.68. The fourth-order valence-corrected chi connectivity index (χ4v) is 2.04. The highest BCUT2D eigenvalue weighted by molar-refractivity contribution is 5.95. The average Bonchev–Trinajstić information content (AvgIpc) is 2.86. The van der Waals surface area contributed by atoms with E-state index in [1.165, 1.54) is 15.8 Å². The monoisotopic (exact) mass is 295 g/mol. The second-order valence-corrected chi connectivity index (χ2v) is 5.21. The van der Waals surface area contributed by atoms with Crippen LogP contribution >= 0.6 is 0 Å². The minimum Gasteiger partial charge on any atom is -0.375 e. The molecule has 0 saturated carbocycles. The first-order chi connectivity index (χ1) is 9.97. The smallest absolute Gasteiger partial charge is 0.244 e. The molecule has 2 amide bonds. The molecule has 1 aliphatic rings. The van der Waals surface area contributed by atoms with Crippen LogP contribution < -0.4 is 10.6 Å². The summed E-state index contributed by atoms with van der Waals surface area (Å²) in [5, 5.41) is 9.95. The predicted molar refractivity (Wildman–Crippen MR) is 76.8 cm³/mol. The van der Waals surface area contributed by atoms with Crippen molar-refractivity contribution >= 4 is 17.5 Å². The van der Waals surface area contributed by atoms with Crippen LogP contribution in [0, 0.1) is 0 Å². The Bertz CT molecular complexity index is 514. The van der Waals surface area contributed by atoms with Crippen LogP contribution in [0.5, 0.6) is 0 Å². The number of morpholine rings is 1. The topological polar surface area (TPSA) is 88.5 Å². The number of ether oxygens (including phenoxy) is 1. The molecule has 1 saturated heterocycles. The number of nitrogens with one attached hydrogen (secondary N) is 2. The standard InChI is InChI=1S/C13H21N5O3/c1-9-12(14-4-5-21-9)13(20)16-10-6-15-18(7-10)8-11(19)17(2)3/h6-7,9,12,14H,4-5,8H2,1-3H3,(H,16,20)/t9-,12+/m1/s1. The van der Waals surface area contributed by atoms with Gasteiger partial charge in [0, 0.05) is 26.8 Å². The van der Waals surface area contributed by atoms with Crippen molar-refractivity contribution < 1.29 is 14.3 Å². The highest BCUT2D eigenvalue weighted by Crippen LogP contribution is 2.10. The van der Waals surface area contributed by atoms with Crippen molar-refractivity contribution in [2.75, 3.05) is 32.6 Å². The largest absolute Gasteiger partial charge is 0.375 e. The molecule has 1 fully saturated rings. The van der Waals surface area contributed by atoms with Gasteiger partial charge in [-0.05, 0) is 6.92 Å². The molecule has 2 N–H and O–H groups in total. The van der Waals surface area contributed by atoms with E-state index in [9.17, 15) is 9.59 Å². The maximum Gasteiger partial charge on any atom is 0.244 e. The van der Waals surface area contributed by atoms with E-state index in [2.05, 4.69) is 15.7 Å². The van der Waals surface area contributed by atoms with Crippen molar-refractivity contribution in [3.63, 3.8) is 0 Å². The van der Waals surface area contributed by atoms with Crippen molar-refractivity contribution in [1.29, 1.82) is 0 Å². The van der Waals surface area contributed by atoms with E-state index in [1.807, 2.05) is 6.92 Å². The van der Waals surface area contributed by atoms with Crippen LogP contribution in [0.3, 0.4) is 0 Å². The number of amides is 2. The van der Waals surface area contributed by atoms with E-state index in [0.717, 1.165) is 0 Å². The fraction of sp³-hybridized carbons (Fsp3) is 0.615. The first kappa shape index (κ1) is 15.5. The van der Waals surface area contributed by atoms with Gasteiger partial charge in [-0.1, -0.05) is 0 Å². The van der Waals surface area contributed by atoms with Gasteiger partial charge >= 0.3 is 0 Å². The summed E-state index contributed by atoms with van der Waals surface area (Å²) in [5.41, 5.74) is 0.561.